The zero-order chi connectivity index (χ0) is 63.2. The largest absolute Gasteiger partial charge is 0.505 e. The molecule has 454 valence electrons. The molecule has 29 nitrogen and oxygen atoms in total. The predicted molar refractivity (Wildman–Crippen MR) is 313 cm³/mol. The highest BCUT2D eigenvalue weighted by molar-refractivity contribution is 7.87. The van der Waals surface area contributed by atoms with E-state index in [0.29, 0.717) is 17.1 Å². The van der Waals surface area contributed by atoms with Crippen LogP contribution in [0, 0.1) is 0 Å². The van der Waals surface area contributed by atoms with Gasteiger partial charge in [0.05, 0.1) is 57.8 Å². The van der Waals surface area contributed by atoms with Crippen molar-refractivity contribution < 1.29 is 97.1 Å². The maximum atomic E-state index is 12.9. The Bertz CT molecular complexity index is 5150. The Morgan fingerprint density at radius 1 is 0.425 bits per heavy atom. The number of azo groups is 3. The molecule has 0 bridgehead atoms. The Morgan fingerprint density at radius 3 is 1.54 bits per heavy atom. The minimum absolute atomic E-state index is 0.0316. The number of ether oxygens (including phenoxy) is 3. The number of hydrogen-bond donors (Lipinski definition) is 8. The van der Waals surface area contributed by atoms with Gasteiger partial charge in [0.2, 0.25) is 0 Å². The van der Waals surface area contributed by atoms with Crippen molar-refractivity contribution in [3.05, 3.63) is 127 Å². The van der Waals surface area contributed by atoms with Crippen LogP contribution in [0.4, 0.5) is 45.5 Å². The smallest absolute Gasteiger partial charge is 0.296 e. The number of nitrogens with zero attached hydrogens (tertiary/aromatic N) is 6. The first-order chi connectivity index (χ1) is 40.7. The highest BCUT2D eigenvalue weighted by Crippen LogP contribution is 2.47. The van der Waals surface area contributed by atoms with Crippen LogP contribution in [0.3, 0.4) is 0 Å². The molecule has 9 aromatic carbocycles. The molecule has 0 aliphatic rings. The zero-order valence-corrected chi connectivity index (χ0v) is 49.2. The van der Waals surface area contributed by atoms with E-state index in [9.17, 15) is 82.9 Å². The highest BCUT2D eigenvalue weighted by atomic mass is 32.2. The SMILES string of the molecule is CCOc1cc(N=Nc2cc3c(OCCCS(=O)(=O)O)cc(S(=O)(=O)O)cc3cc2S(=O)(=O)O)c2cc(S(=O)(=O)O)ccc2c1N=Nc1ccc(N=Nc2c(S(=O)(=O)O)cc3cc(Nc4ccc(OC)cc4)ccc3c2O)c2cc(S(=O)(=O)O)ccc12. The monoisotopic (exact) mass is 1310 g/mol. The maximum Gasteiger partial charge on any atom is 0.296 e. The molecule has 0 amide bonds. The molecular weight excluding hydrogens is 1270 g/mol. The Morgan fingerprint density at radius 2 is 0.954 bits per heavy atom. The lowest BCUT2D eigenvalue weighted by molar-refractivity contribution is 0.319. The molecule has 0 saturated heterocycles. The van der Waals surface area contributed by atoms with Crippen molar-refractivity contribution in [3.8, 4) is 23.0 Å². The second-order valence-electron chi connectivity index (χ2n) is 18.5. The molecular formula is C52H43N7O22S6. The van der Waals surface area contributed by atoms with Crippen LogP contribution in [-0.2, 0) is 60.7 Å². The Hall–Kier alpha value is -8.72. The van der Waals surface area contributed by atoms with E-state index in [4.69, 9.17) is 14.2 Å². The number of nitrogens with one attached hydrogen (secondary N) is 1. The molecule has 0 aliphatic carbocycles. The van der Waals surface area contributed by atoms with Crippen molar-refractivity contribution >= 4 is 149 Å². The van der Waals surface area contributed by atoms with Gasteiger partial charge >= 0.3 is 0 Å². The number of hydrogen-bond acceptors (Lipinski definition) is 23. The highest BCUT2D eigenvalue weighted by Gasteiger charge is 2.26. The van der Waals surface area contributed by atoms with Gasteiger partial charge in [-0.25, -0.2) is 0 Å². The summed E-state index contributed by atoms with van der Waals surface area (Å²) in [6.07, 6.45) is -0.338. The molecule has 9 rings (SSSR count). The average molecular weight is 1310 g/mol. The number of rotatable bonds is 21. The fraction of sp³-hybridized carbons (Fsp3) is 0.115. The van der Waals surface area contributed by atoms with Gasteiger partial charge in [-0.3, -0.25) is 27.3 Å². The lowest BCUT2D eigenvalue weighted by Gasteiger charge is -2.14. The van der Waals surface area contributed by atoms with Crippen molar-refractivity contribution in [2.24, 2.45) is 30.7 Å². The van der Waals surface area contributed by atoms with E-state index in [1.807, 2.05) is 0 Å². The van der Waals surface area contributed by atoms with E-state index in [2.05, 4.69) is 36.0 Å². The normalized spacial score (nSPS) is 13.0. The molecule has 0 heterocycles. The number of benzene rings is 9. The quantitative estimate of drug-likeness (QED) is 0.0188. The van der Waals surface area contributed by atoms with E-state index < -0.39 is 115 Å². The second-order valence-corrected chi connectivity index (χ2v) is 27.1. The molecule has 9 aromatic rings. The first-order valence-electron chi connectivity index (χ1n) is 24.5. The van der Waals surface area contributed by atoms with Crippen LogP contribution in [-0.4, -0.2) is 109 Å². The summed E-state index contributed by atoms with van der Waals surface area (Å²) < 4.78 is 225. The maximum absolute atomic E-state index is 12.9. The first kappa shape index (κ1) is 62.8. The van der Waals surface area contributed by atoms with Crippen LogP contribution in [0.1, 0.15) is 13.3 Å². The molecule has 35 heteroatoms. The van der Waals surface area contributed by atoms with Crippen LogP contribution in [0.5, 0.6) is 23.0 Å². The van der Waals surface area contributed by atoms with Crippen LogP contribution in [0.15, 0.2) is 183 Å². The van der Waals surface area contributed by atoms with E-state index in [-0.39, 0.29) is 90.4 Å². The second kappa shape index (κ2) is 23.9. The summed E-state index contributed by atoms with van der Waals surface area (Å²) in [7, 11) is -28.3. The third kappa shape index (κ3) is 14.3. The summed E-state index contributed by atoms with van der Waals surface area (Å²) in [6, 6.07) is 25.6. The zero-order valence-electron chi connectivity index (χ0n) is 44.3. The van der Waals surface area contributed by atoms with Gasteiger partial charge in [-0.05, 0) is 127 Å². The molecule has 87 heavy (non-hydrogen) atoms. The minimum atomic E-state index is -5.29. The Kier molecular flexibility index (Phi) is 17.2. The molecule has 0 atom stereocenters. The van der Waals surface area contributed by atoms with Crippen LogP contribution >= 0.6 is 0 Å². The van der Waals surface area contributed by atoms with Crippen molar-refractivity contribution in [1.29, 1.82) is 0 Å². The van der Waals surface area contributed by atoms with E-state index in [1.165, 1.54) is 37.4 Å². The van der Waals surface area contributed by atoms with E-state index >= 15 is 0 Å². The van der Waals surface area contributed by atoms with Gasteiger partial charge in [-0.1, -0.05) is 12.1 Å². The van der Waals surface area contributed by atoms with Crippen molar-refractivity contribution in [2.45, 2.75) is 37.8 Å². The lowest BCUT2D eigenvalue weighted by atomic mass is 10.1. The molecule has 0 aliphatic heterocycles. The Labute approximate surface area is 493 Å². The molecule has 0 fully saturated rings. The molecule has 0 unspecified atom stereocenters. The molecule has 0 radical (unpaired) electrons. The number of fused-ring (bicyclic) bond motifs is 4. The molecule has 8 N–H and O–H groups in total. The Balaban J connectivity index is 1.15. The van der Waals surface area contributed by atoms with Gasteiger partial charge in [0.1, 0.15) is 44.1 Å². The number of phenolic OH excluding ortho intramolecular Hbond substituents is 1. The first-order valence-corrected chi connectivity index (χ1v) is 33.3. The van der Waals surface area contributed by atoms with Crippen molar-refractivity contribution in [3.63, 3.8) is 0 Å². The molecule has 0 aromatic heterocycles. The number of phenols is 1. The number of aromatic hydroxyl groups is 1. The van der Waals surface area contributed by atoms with Gasteiger partial charge in [0.15, 0.2) is 5.75 Å². The summed E-state index contributed by atoms with van der Waals surface area (Å²) in [5.74, 6) is -1.47. The minimum Gasteiger partial charge on any atom is -0.505 e. The third-order valence-electron chi connectivity index (χ3n) is 12.7. The van der Waals surface area contributed by atoms with E-state index in [0.717, 1.165) is 66.7 Å². The van der Waals surface area contributed by atoms with Gasteiger partial charge in [0, 0.05) is 55.8 Å². The topological polar surface area (TPSA) is 460 Å². The summed E-state index contributed by atoms with van der Waals surface area (Å²) in [5.41, 5.74) is -1.07. The van der Waals surface area contributed by atoms with Gasteiger partial charge < -0.3 is 24.6 Å². The lowest BCUT2D eigenvalue weighted by Crippen LogP contribution is -2.09. The summed E-state index contributed by atoms with van der Waals surface area (Å²) in [5, 5.41) is 39.3. The number of methoxy groups -OCH3 is 1. The molecule has 0 saturated carbocycles. The summed E-state index contributed by atoms with van der Waals surface area (Å²) >= 11 is 0. The predicted octanol–water partition coefficient (Wildman–Crippen LogP) is 11.3. The van der Waals surface area contributed by atoms with Crippen molar-refractivity contribution in [1.82, 2.24) is 0 Å². The van der Waals surface area contributed by atoms with Crippen LogP contribution < -0.4 is 19.5 Å². The van der Waals surface area contributed by atoms with Crippen LogP contribution in [0.2, 0.25) is 0 Å². The number of anilines is 2. The summed E-state index contributed by atoms with van der Waals surface area (Å²) in [4.78, 5) is -4.04. The van der Waals surface area contributed by atoms with Crippen LogP contribution in [0.25, 0.3) is 43.1 Å². The third-order valence-corrected chi connectivity index (χ3v) is 17.8. The van der Waals surface area contributed by atoms with Crippen molar-refractivity contribution in [2.75, 3.05) is 31.4 Å². The van der Waals surface area contributed by atoms with Gasteiger partial charge in [0.25, 0.3) is 60.7 Å². The molecule has 0 spiro atoms. The fourth-order valence-corrected chi connectivity index (χ4v) is 12.1. The van der Waals surface area contributed by atoms with Gasteiger partial charge in [-0.15, -0.1) is 30.7 Å². The standard InChI is InChI=1S/C52H43N7O22S6/c1-3-80-47-27-44(56-57-45-26-39-29(21-48(45)86(73,74)75)20-35(85(70,71)72)25-46(39)81-17-4-18-82(61,62)63)41-24-34(84(67,68)69)11-14-38(41)50(47)58-54-42-15-16-43(40-23-33(83(64,65)66)10-13-37(40)42)55-59-51-49(87(76,77)78)22-28-19-31(7-12-36(28)52(51)60)53-30-5-8-32(79-2)9-6-30/h5-16,19-27,53,60H,3-4,17-18H2,1-2H3,(H,61,62,63)(H,64,65,66)(H,67,68,69)(H,70,71,72)(H,73,74,75)(H,76,77,78). The average Bonchev–Trinajstić information content (AvgIpc) is 0.981. The van der Waals surface area contributed by atoms with E-state index in [1.54, 1.807) is 37.3 Å². The summed E-state index contributed by atoms with van der Waals surface area (Å²) in [6.45, 7) is 0.977. The fourth-order valence-electron chi connectivity index (χ4n) is 8.76. The van der Waals surface area contributed by atoms with Gasteiger partial charge in [-0.2, -0.15) is 50.5 Å².